The molecule has 1 aromatic heterocycles. The number of nitro groups is 1. The molecule has 0 N–H and O–H groups in total. The lowest BCUT2D eigenvalue weighted by atomic mass is 10.2. The summed E-state index contributed by atoms with van der Waals surface area (Å²) >= 11 is 0. The molecule has 0 aromatic carbocycles. The van der Waals surface area contributed by atoms with Crippen LogP contribution in [0, 0.1) is 17.0 Å². The summed E-state index contributed by atoms with van der Waals surface area (Å²) in [5.74, 6) is -0.196. The lowest BCUT2D eigenvalue weighted by Gasteiger charge is -1.97. The van der Waals surface area contributed by atoms with Crippen molar-refractivity contribution >= 4 is 11.5 Å². The van der Waals surface area contributed by atoms with E-state index in [0.717, 1.165) is 6.20 Å². The van der Waals surface area contributed by atoms with Crippen molar-refractivity contribution in [1.29, 1.82) is 0 Å². The van der Waals surface area contributed by atoms with Gasteiger partial charge in [0.25, 0.3) is 5.69 Å². The first-order valence-electron chi connectivity index (χ1n) is 3.64. The smallest absolute Gasteiger partial charge is 0.290 e. The predicted molar refractivity (Wildman–Crippen MR) is 45.6 cm³/mol. The summed E-state index contributed by atoms with van der Waals surface area (Å²) in [7, 11) is 0. The summed E-state index contributed by atoms with van der Waals surface area (Å²) in [4.78, 5) is 24.4. The number of ketones is 1. The Morgan fingerprint density at radius 3 is 2.62 bits per heavy atom. The van der Waals surface area contributed by atoms with E-state index in [4.69, 9.17) is 0 Å². The van der Waals surface area contributed by atoms with Crippen LogP contribution in [0.1, 0.15) is 23.0 Å². The zero-order valence-electron chi connectivity index (χ0n) is 7.27. The van der Waals surface area contributed by atoms with Crippen molar-refractivity contribution in [1.82, 2.24) is 4.98 Å². The minimum Gasteiger partial charge on any atom is -0.293 e. The van der Waals surface area contributed by atoms with Crippen LogP contribution in [0.15, 0.2) is 12.3 Å². The third kappa shape index (κ3) is 1.87. The number of aryl methyl sites for hydroxylation is 1. The third-order valence-electron chi connectivity index (χ3n) is 1.64. The van der Waals surface area contributed by atoms with Gasteiger partial charge < -0.3 is 0 Å². The number of carbonyl (C=O) groups is 1. The van der Waals surface area contributed by atoms with Gasteiger partial charge in [-0.15, -0.1) is 0 Å². The van der Waals surface area contributed by atoms with Gasteiger partial charge in [-0.05, 0) is 13.0 Å². The fraction of sp³-hybridized carbons (Fsp3) is 0.250. The second kappa shape index (κ2) is 3.30. The second-order valence-electron chi connectivity index (χ2n) is 2.67. The molecule has 0 aliphatic heterocycles. The maximum absolute atomic E-state index is 10.8. The van der Waals surface area contributed by atoms with Gasteiger partial charge in [-0.1, -0.05) is 0 Å². The topological polar surface area (TPSA) is 73.1 Å². The van der Waals surface area contributed by atoms with E-state index in [1.165, 1.54) is 13.0 Å². The van der Waals surface area contributed by atoms with Crippen molar-refractivity contribution in [2.45, 2.75) is 13.8 Å². The third-order valence-corrected chi connectivity index (χ3v) is 1.64. The standard InChI is InChI=1S/C8H8N2O3/c1-5-3-7(6(2)11)9-4-8(5)10(12)13/h3-4H,1-2H3. The Hall–Kier alpha value is -1.78. The maximum Gasteiger partial charge on any atom is 0.290 e. The molecule has 0 bridgehead atoms. The molecule has 0 atom stereocenters. The van der Waals surface area contributed by atoms with E-state index in [-0.39, 0.29) is 17.2 Å². The van der Waals surface area contributed by atoms with E-state index in [2.05, 4.69) is 4.98 Å². The molecular formula is C8H8N2O3. The summed E-state index contributed by atoms with van der Waals surface area (Å²) in [6, 6.07) is 1.42. The molecule has 1 heterocycles. The van der Waals surface area contributed by atoms with Crippen LogP contribution in [0.25, 0.3) is 0 Å². The van der Waals surface area contributed by atoms with Crippen molar-refractivity contribution in [2.75, 3.05) is 0 Å². The highest BCUT2D eigenvalue weighted by atomic mass is 16.6. The Balaban J connectivity index is 3.20. The van der Waals surface area contributed by atoms with Gasteiger partial charge in [0.05, 0.1) is 4.92 Å². The fourth-order valence-corrected chi connectivity index (χ4v) is 0.932. The molecule has 0 aliphatic rings. The lowest BCUT2D eigenvalue weighted by Crippen LogP contribution is -2.00. The number of Topliss-reactive ketones (excluding diaryl/α,β-unsaturated/α-hetero) is 1. The molecule has 13 heavy (non-hydrogen) atoms. The van der Waals surface area contributed by atoms with Crippen LogP contribution >= 0.6 is 0 Å². The molecular weight excluding hydrogens is 172 g/mol. The fourth-order valence-electron chi connectivity index (χ4n) is 0.932. The van der Waals surface area contributed by atoms with Crippen molar-refractivity contribution in [3.63, 3.8) is 0 Å². The number of nitrogens with zero attached hydrogens (tertiary/aromatic N) is 2. The van der Waals surface area contributed by atoms with Crippen molar-refractivity contribution in [3.8, 4) is 0 Å². The van der Waals surface area contributed by atoms with Crippen molar-refractivity contribution in [3.05, 3.63) is 33.6 Å². The average molecular weight is 180 g/mol. The molecule has 0 unspecified atom stereocenters. The van der Waals surface area contributed by atoms with E-state index in [1.54, 1.807) is 6.92 Å². The van der Waals surface area contributed by atoms with Crippen molar-refractivity contribution in [2.24, 2.45) is 0 Å². The highest BCUT2D eigenvalue weighted by Crippen LogP contribution is 2.16. The Kier molecular flexibility index (Phi) is 2.36. The summed E-state index contributed by atoms with van der Waals surface area (Å²) < 4.78 is 0. The Bertz CT molecular complexity index is 374. The number of rotatable bonds is 2. The van der Waals surface area contributed by atoms with Gasteiger partial charge in [-0.25, -0.2) is 4.98 Å². The number of hydrogen-bond donors (Lipinski definition) is 0. The number of carbonyl (C=O) groups excluding carboxylic acids is 1. The highest BCUT2D eigenvalue weighted by Gasteiger charge is 2.12. The summed E-state index contributed by atoms with van der Waals surface area (Å²) in [5.41, 5.74) is 0.637. The van der Waals surface area contributed by atoms with E-state index >= 15 is 0 Å². The molecule has 5 nitrogen and oxygen atoms in total. The SMILES string of the molecule is CC(=O)c1cc(C)c([N+](=O)[O-])cn1. The van der Waals surface area contributed by atoms with Crippen LogP contribution in [-0.2, 0) is 0 Å². The summed E-state index contributed by atoms with van der Waals surface area (Å²) in [6.45, 7) is 2.94. The minimum atomic E-state index is -0.522. The first-order chi connectivity index (χ1) is 6.02. The molecule has 0 radical (unpaired) electrons. The van der Waals surface area contributed by atoms with Crippen LogP contribution in [-0.4, -0.2) is 15.7 Å². The summed E-state index contributed by atoms with van der Waals surface area (Å²) in [6.07, 6.45) is 1.10. The quantitative estimate of drug-likeness (QED) is 0.392. The van der Waals surface area contributed by atoms with E-state index in [9.17, 15) is 14.9 Å². The minimum absolute atomic E-state index is 0.0648. The zero-order chi connectivity index (χ0) is 10.0. The van der Waals surface area contributed by atoms with Gasteiger partial charge in [-0.2, -0.15) is 0 Å². The molecule has 1 rings (SSSR count). The van der Waals surface area contributed by atoms with E-state index in [1.807, 2.05) is 0 Å². The molecule has 1 aromatic rings. The number of aromatic nitrogens is 1. The zero-order valence-corrected chi connectivity index (χ0v) is 7.27. The maximum atomic E-state index is 10.8. The molecule has 0 fully saturated rings. The average Bonchev–Trinajstić information content (AvgIpc) is 2.03. The van der Waals surface area contributed by atoms with Gasteiger partial charge in [-0.3, -0.25) is 14.9 Å². The number of hydrogen-bond acceptors (Lipinski definition) is 4. The molecule has 68 valence electrons. The van der Waals surface area contributed by atoms with Crippen molar-refractivity contribution < 1.29 is 9.72 Å². The van der Waals surface area contributed by atoms with Crippen LogP contribution in [0.2, 0.25) is 0 Å². The van der Waals surface area contributed by atoms with Crippen LogP contribution < -0.4 is 0 Å². The van der Waals surface area contributed by atoms with Crippen LogP contribution in [0.5, 0.6) is 0 Å². The molecule has 0 saturated heterocycles. The van der Waals surface area contributed by atoms with Gasteiger partial charge in [0.2, 0.25) is 0 Å². The monoisotopic (exact) mass is 180 g/mol. The normalized spacial score (nSPS) is 9.69. The van der Waals surface area contributed by atoms with Gasteiger partial charge in [0.1, 0.15) is 11.9 Å². The predicted octanol–water partition coefficient (Wildman–Crippen LogP) is 1.50. The Morgan fingerprint density at radius 2 is 2.23 bits per heavy atom. The van der Waals surface area contributed by atoms with Gasteiger partial charge in [0.15, 0.2) is 5.78 Å². The van der Waals surface area contributed by atoms with Crippen LogP contribution in [0.3, 0.4) is 0 Å². The Morgan fingerprint density at radius 1 is 1.62 bits per heavy atom. The second-order valence-corrected chi connectivity index (χ2v) is 2.67. The Labute approximate surface area is 74.6 Å². The highest BCUT2D eigenvalue weighted by molar-refractivity contribution is 5.92. The summed E-state index contributed by atoms with van der Waals surface area (Å²) in [5, 5.41) is 10.4. The molecule has 5 heteroatoms. The largest absolute Gasteiger partial charge is 0.293 e. The lowest BCUT2D eigenvalue weighted by molar-refractivity contribution is -0.385. The van der Waals surface area contributed by atoms with Gasteiger partial charge >= 0.3 is 0 Å². The molecule has 0 aliphatic carbocycles. The molecule has 0 saturated carbocycles. The van der Waals surface area contributed by atoms with Crippen LogP contribution in [0.4, 0.5) is 5.69 Å². The van der Waals surface area contributed by atoms with E-state index < -0.39 is 4.92 Å². The first kappa shape index (κ1) is 9.31. The van der Waals surface area contributed by atoms with Gasteiger partial charge in [0, 0.05) is 12.5 Å². The molecule has 0 amide bonds. The first-order valence-corrected chi connectivity index (χ1v) is 3.64. The number of pyridine rings is 1. The van der Waals surface area contributed by atoms with E-state index in [0.29, 0.717) is 5.56 Å². The molecule has 0 spiro atoms.